The van der Waals surface area contributed by atoms with Gasteiger partial charge in [-0.15, -0.1) is 0 Å². The van der Waals surface area contributed by atoms with Crippen LogP contribution in [0.4, 0.5) is 0 Å². The van der Waals surface area contributed by atoms with Gasteiger partial charge in [-0.05, 0) is 26.3 Å². The molecule has 72 valence electrons. The van der Waals surface area contributed by atoms with E-state index in [0.29, 0.717) is 0 Å². The molecule has 0 aromatic heterocycles. The third kappa shape index (κ3) is 2.56. The molecule has 1 aromatic carbocycles. The molecule has 0 aliphatic carbocycles. The van der Waals surface area contributed by atoms with Crippen LogP contribution in [0, 0.1) is 13.8 Å². The van der Waals surface area contributed by atoms with E-state index >= 15 is 0 Å². The first-order valence-corrected chi connectivity index (χ1v) is 4.77. The van der Waals surface area contributed by atoms with Gasteiger partial charge in [-0.2, -0.15) is 0 Å². The summed E-state index contributed by atoms with van der Waals surface area (Å²) in [6.07, 6.45) is -0.277. The molecule has 0 saturated carbocycles. The van der Waals surface area contributed by atoms with Gasteiger partial charge in [-0.1, -0.05) is 36.2 Å². The van der Waals surface area contributed by atoms with Crippen molar-refractivity contribution < 1.29 is 5.11 Å². The van der Waals surface area contributed by atoms with Gasteiger partial charge in [0.25, 0.3) is 0 Å². The Labute approximate surface area is 80.4 Å². The zero-order chi connectivity index (χ0) is 10.0. The van der Waals surface area contributed by atoms with Gasteiger partial charge in [-0.3, -0.25) is 0 Å². The van der Waals surface area contributed by atoms with Crippen molar-refractivity contribution in [2.45, 2.75) is 39.7 Å². The number of rotatable bonds is 2. The van der Waals surface area contributed by atoms with E-state index in [4.69, 9.17) is 0 Å². The van der Waals surface area contributed by atoms with Crippen LogP contribution >= 0.6 is 0 Å². The first-order chi connectivity index (χ1) is 6.00. The van der Waals surface area contributed by atoms with Crippen LogP contribution in [0.2, 0.25) is 0 Å². The lowest BCUT2D eigenvalue weighted by Gasteiger charge is -2.16. The van der Waals surface area contributed by atoms with E-state index < -0.39 is 0 Å². The van der Waals surface area contributed by atoms with Gasteiger partial charge in [0, 0.05) is 5.92 Å². The lowest BCUT2D eigenvalue weighted by Crippen LogP contribution is -2.11. The van der Waals surface area contributed by atoms with Crippen LogP contribution in [0.1, 0.15) is 36.5 Å². The Bertz CT molecular complexity index is 269. The molecule has 1 N–H and O–H groups in total. The van der Waals surface area contributed by atoms with Crippen molar-refractivity contribution in [1.29, 1.82) is 0 Å². The van der Waals surface area contributed by atoms with Crippen molar-refractivity contribution in [2.24, 2.45) is 0 Å². The maximum absolute atomic E-state index is 9.46. The highest BCUT2D eigenvalue weighted by Crippen LogP contribution is 2.21. The summed E-state index contributed by atoms with van der Waals surface area (Å²) in [5.74, 6) is 0.221. The fraction of sp³-hybridized carbons (Fsp3) is 0.500. The van der Waals surface area contributed by atoms with Gasteiger partial charge in [0.05, 0.1) is 6.10 Å². The van der Waals surface area contributed by atoms with E-state index in [0.717, 1.165) is 0 Å². The summed E-state index contributed by atoms with van der Waals surface area (Å²) in [4.78, 5) is 0. The third-order valence-electron chi connectivity index (χ3n) is 2.49. The van der Waals surface area contributed by atoms with Crippen molar-refractivity contribution in [2.75, 3.05) is 0 Å². The van der Waals surface area contributed by atoms with Gasteiger partial charge in [0.1, 0.15) is 0 Å². The molecule has 1 aromatic rings. The number of benzene rings is 1. The van der Waals surface area contributed by atoms with Crippen molar-refractivity contribution in [3.63, 3.8) is 0 Å². The topological polar surface area (TPSA) is 20.2 Å². The van der Waals surface area contributed by atoms with Crippen LogP contribution in [0.15, 0.2) is 18.2 Å². The predicted octanol–water partition coefficient (Wildman–Crippen LogP) is 2.79. The average molecular weight is 178 g/mol. The number of hydrogen-bond donors (Lipinski definition) is 1. The Hall–Kier alpha value is -0.820. The molecule has 0 saturated heterocycles. The molecule has 0 radical (unpaired) electrons. The minimum atomic E-state index is -0.277. The number of aliphatic hydroxyl groups excluding tert-OH is 1. The molecule has 0 spiro atoms. The Morgan fingerprint density at radius 2 is 1.46 bits per heavy atom. The van der Waals surface area contributed by atoms with Crippen LogP contribution in [0.5, 0.6) is 0 Å². The summed E-state index contributed by atoms with van der Waals surface area (Å²) in [6, 6.07) is 6.44. The molecule has 0 fully saturated rings. The number of aryl methyl sites for hydroxylation is 2. The summed E-state index contributed by atoms with van der Waals surface area (Å²) >= 11 is 0. The van der Waals surface area contributed by atoms with E-state index in [1.807, 2.05) is 6.92 Å². The summed E-state index contributed by atoms with van der Waals surface area (Å²) < 4.78 is 0. The number of aliphatic hydroxyl groups is 1. The molecule has 13 heavy (non-hydrogen) atoms. The molecule has 0 aliphatic rings. The van der Waals surface area contributed by atoms with E-state index in [1.165, 1.54) is 16.7 Å². The lowest BCUT2D eigenvalue weighted by molar-refractivity contribution is 0.169. The Balaban J connectivity index is 3.01. The zero-order valence-electron chi connectivity index (χ0n) is 8.83. The molecule has 0 heterocycles. The second-order valence-corrected chi connectivity index (χ2v) is 3.95. The summed E-state index contributed by atoms with van der Waals surface area (Å²) in [6.45, 7) is 8.07. The lowest BCUT2D eigenvalue weighted by atomic mass is 9.93. The van der Waals surface area contributed by atoms with Gasteiger partial charge in [-0.25, -0.2) is 0 Å². The van der Waals surface area contributed by atoms with E-state index in [-0.39, 0.29) is 12.0 Å². The van der Waals surface area contributed by atoms with Gasteiger partial charge in [0.15, 0.2) is 0 Å². The fourth-order valence-corrected chi connectivity index (χ4v) is 1.55. The largest absolute Gasteiger partial charge is 0.393 e. The maximum atomic E-state index is 9.46. The molecule has 2 unspecified atom stereocenters. The first-order valence-electron chi connectivity index (χ1n) is 4.77. The van der Waals surface area contributed by atoms with E-state index in [1.54, 1.807) is 0 Å². The normalized spacial score (nSPS) is 15.5. The highest BCUT2D eigenvalue weighted by molar-refractivity contribution is 5.31. The summed E-state index contributed by atoms with van der Waals surface area (Å²) in [5.41, 5.74) is 3.76. The molecule has 1 rings (SSSR count). The molecule has 0 aliphatic heterocycles. The van der Waals surface area contributed by atoms with Crippen LogP contribution in [-0.4, -0.2) is 11.2 Å². The quantitative estimate of drug-likeness (QED) is 0.738. The molecular weight excluding hydrogens is 160 g/mol. The minimum absolute atomic E-state index is 0.221. The summed E-state index contributed by atoms with van der Waals surface area (Å²) in [5, 5.41) is 9.46. The second-order valence-electron chi connectivity index (χ2n) is 3.95. The number of hydrogen-bond acceptors (Lipinski definition) is 1. The molecule has 1 nitrogen and oxygen atoms in total. The highest BCUT2D eigenvalue weighted by Gasteiger charge is 2.11. The Morgan fingerprint density at radius 3 is 1.85 bits per heavy atom. The molecule has 0 bridgehead atoms. The second kappa shape index (κ2) is 3.93. The van der Waals surface area contributed by atoms with Crippen LogP contribution in [-0.2, 0) is 0 Å². The highest BCUT2D eigenvalue weighted by atomic mass is 16.3. The Kier molecular flexibility index (Phi) is 3.10. The van der Waals surface area contributed by atoms with Gasteiger partial charge >= 0.3 is 0 Å². The van der Waals surface area contributed by atoms with Crippen LogP contribution < -0.4 is 0 Å². The fourth-order valence-electron chi connectivity index (χ4n) is 1.55. The minimum Gasteiger partial charge on any atom is -0.393 e. The van der Waals surface area contributed by atoms with Crippen LogP contribution in [0.3, 0.4) is 0 Å². The van der Waals surface area contributed by atoms with Crippen molar-refractivity contribution in [1.82, 2.24) is 0 Å². The van der Waals surface area contributed by atoms with Gasteiger partial charge < -0.3 is 5.11 Å². The average Bonchev–Trinajstić information content (AvgIpc) is 2.01. The SMILES string of the molecule is Cc1cc(C)cc(C(C)C(C)O)c1. The monoisotopic (exact) mass is 178 g/mol. The van der Waals surface area contributed by atoms with E-state index in [2.05, 4.69) is 39.0 Å². The maximum Gasteiger partial charge on any atom is 0.0577 e. The van der Waals surface area contributed by atoms with Crippen molar-refractivity contribution in [3.05, 3.63) is 34.9 Å². The van der Waals surface area contributed by atoms with Crippen molar-refractivity contribution in [3.8, 4) is 0 Å². The van der Waals surface area contributed by atoms with Gasteiger partial charge in [0.2, 0.25) is 0 Å². The molecule has 2 atom stereocenters. The molecule has 1 heteroatoms. The van der Waals surface area contributed by atoms with Crippen LogP contribution in [0.25, 0.3) is 0 Å². The smallest absolute Gasteiger partial charge is 0.0577 e. The third-order valence-corrected chi connectivity index (χ3v) is 2.49. The first kappa shape index (κ1) is 10.3. The standard InChI is InChI=1S/C12H18O/c1-8-5-9(2)7-12(6-8)10(3)11(4)13/h5-7,10-11,13H,1-4H3. The summed E-state index contributed by atoms with van der Waals surface area (Å²) in [7, 11) is 0. The van der Waals surface area contributed by atoms with Crippen molar-refractivity contribution >= 4 is 0 Å². The Morgan fingerprint density at radius 1 is 1.00 bits per heavy atom. The molecular formula is C12H18O. The molecule has 0 amide bonds. The predicted molar refractivity (Wildman–Crippen MR) is 56.0 cm³/mol. The zero-order valence-corrected chi connectivity index (χ0v) is 8.83. The van der Waals surface area contributed by atoms with E-state index in [9.17, 15) is 5.11 Å².